The number of hydrogen-bond donors (Lipinski definition) is 4. The van der Waals surface area contributed by atoms with Crippen molar-refractivity contribution in [2.24, 2.45) is 5.10 Å². The summed E-state index contributed by atoms with van der Waals surface area (Å²) in [5.74, 6) is -1.98. The molecule has 1 aliphatic carbocycles. The van der Waals surface area contributed by atoms with Crippen molar-refractivity contribution in [2.75, 3.05) is 23.1 Å². The fourth-order valence-corrected chi connectivity index (χ4v) is 5.29. The van der Waals surface area contributed by atoms with E-state index in [0.717, 1.165) is 18.2 Å². The number of Topliss-reactive ketones (excluding diaryl/α,β-unsaturated/α-hetero) is 1. The van der Waals surface area contributed by atoms with Gasteiger partial charge < -0.3 is 5.32 Å². The van der Waals surface area contributed by atoms with E-state index < -0.39 is 65.0 Å². The number of fused-ring (bicyclic) bond motifs is 1. The Morgan fingerprint density at radius 3 is 2.16 bits per heavy atom. The highest BCUT2D eigenvalue weighted by Crippen LogP contribution is 2.28. The number of nitrogens with zero attached hydrogens (tertiary/aromatic N) is 1. The van der Waals surface area contributed by atoms with Gasteiger partial charge in [-0.25, -0.2) is 12.6 Å². The highest BCUT2D eigenvalue weighted by Gasteiger charge is 2.33. The van der Waals surface area contributed by atoms with Crippen molar-refractivity contribution in [3.8, 4) is 0 Å². The van der Waals surface area contributed by atoms with Crippen LogP contribution in [0.25, 0.3) is 6.08 Å². The third-order valence-corrected chi connectivity index (χ3v) is 7.75. The third kappa shape index (κ3) is 7.28. The van der Waals surface area contributed by atoms with Gasteiger partial charge in [-0.05, 0) is 54.1 Å². The maximum Gasteiger partial charge on any atom is 0.397 e. The lowest BCUT2D eigenvalue weighted by Gasteiger charge is -2.17. The van der Waals surface area contributed by atoms with Crippen LogP contribution in [0, 0.1) is 0 Å². The van der Waals surface area contributed by atoms with Gasteiger partial charge >= 0.3 is 10.4 Å². The van der Waals surface area contributed by atoms with E-state index in [2.05, 4.69) is 20.0 Å². The number of anilines is 2. The first kappa shape index (κ1) is 28.1. The predicted molar refractivity (Wildman–Crippen MR) is 132 cm³/mol. The molecule has 2 aromatic carbocycles. The van der Waals surface area contributed by atoms with Crippen LogP contribution in [0.5, 0.6) is 0 Å². The van der Waals surface area contributed by atoms with Crippen LogP contribution in [0.2, 0.25) is 0 Å². The van der Waals surface area contributed by atoms with Crippen molar-refractivity contribution in [1.29, 1.82) is 0 Å². The van der Waals surface area contributed by atoms with E-state index in [0.29, 0.717) is 5.69 Å². The first-order chi connectivity index (χ1) is 17.1. The molecule has 0 bridgehead atoms. The molecule has 2 aromatic rings. The lowest BCUT2D eigenvalue weighted by molar-refractivity contribution is -0.114. The number of carbonyl (C=O) groups excluding carboxylic acids is 2. The van der Waals surface area contributed by atoms with E-state index >= 15 is 0 Å². The highest BCUT2D eigenvalue weighted by atomic mass is 32.3. The minimum Gasteiger partial charge on any atom is -0.326 e. The fraction of sp³-hybridized carbons (Fsp3) is 0.150. The Hall–Kier alpha value is -3.48. The summed E-state index contributed by atoms with van der Waals surface area (Å²) in [5.41, 5.74) is 2.38. The number of ketones is 1. The topological polar surface area (TPSA) is 223 Å². The van der Waals surface area contributed by atoms with Crippen molar-refractivity contribution in [3.63, 3.8) is 0 Å². The summed E-state index contributed by atoms with van der Waals surface area (Å²) in [6.45, 7) is 0.455. The maximum absolute atomic E-state index is 13.0. The lowest BCUT2D eigenvalue weighted by Crippen LogP contribution is -2.27. The molecule has 1 aliphatic rings. The number of hydrogen-bond acceptors (Lipinski definition) is 11. The molecular weight excluding hydrogens is 554 g/mol. The van der Waals surface area contributed by atoms with Gasteiger partial charge in [0.2, 0.25) is 11.7 Å². The van der Waals surface area contributed by atoms with Crippen LogP contribution in [0.15, 0.2) is 57.4 Å². The molecule has 14 nitrogen and oxygen atoms in total. The van der Waals surface area contributed by atoms with Crippen LogP contribution >= 0.6 is 0 Å². The SMILES string of the molecule is CC(=O)Nc1ccc2c(c1)C=C(S(=O)(=O)O)/C(=N/Nc1ccc(S(=O)(=O)CCOS(=O)(=O)O)cc1)C2=O. The molecule has 17 heteroatoms. The zero-order chi connectivity index (χ0) is 27.6. The molecule has 4 N–H and O–H groups in total. The van der Waals surface area contributed by atoms with E-state index in [1.165, 1.54) is 37.3 Å². The van der Waals surface area contributed by atoms with E-state index in [4.69, 9.17) is 4.55 Å². The van der Waals surface area contributed by atoms with Crippen molar-refractivity contribution in [2.45, 2.75) is 11.8 Å². The highest BCUT2D eigenvalue weighted by molar-refractivity contribution is 7.91. The van der Waals surface area contributed by atoms with Gasteiger partial charge in [-0.3, -0.25) is 24.1 Å². The van der Waals surface area contributed by atoms with E-state index in [1.807, 2.05) is 0 Å². The average molecular weight is 574 g/mol. The Morgan fingerprint density at radius 2 is 1.59 bits per heavy atom. The molecule has 0 atom stereocenters. The van der Waals surface area contributed by atoms with E-state index in [-0.39, 0.29) is 21.7 Å². The normalized spacial score (nSPS) is 15.2. The van der Waals surface area contributed by atoms with E-state index in [1.54, 1.807) is 0 Å². The van der Waals surface area contributed by atoms with Gasteiger partial charge in [-0.2, -0.15) is 21.9 Å². The van der Waals surface area contributed by atoms with Gasteiger partial charge in [0, 0.05) is 18.2 Å². The molecule has 0 saturated heterocycles. The number of sulfone groups is 1. The van der Waals surface area contributed by atoms with Crippen LogP contribution in [-0.4, -0.2) is 64.1 Å². The van der Waals surface area contributed by atoms with Gasteiger partial charge in [0.1, 0.15) is 4.91 Å². The van der Waals surface area contributed by atoms with Crippen molar-refractivity contribution in [1.82, 2.24) is 0 Å². The summed E-state index contributed by atoms with van der Waals surface area (Å²) in [6.07, 6.45) is 1.02. The second-order valence-corrected chi connectivity index (χ2v) is 12.1. The van der Waals surface area contributed by atoms with Gasteiger partial charge in [-0.1, -0.05) is 0 Å². The Kier molecular flexibility index (Phi) is 7.96. The Balaban J connectivity index is 1.86. The van der Waals surface area contributed by atoms with E-state index in [9.17, 15) is 39.4 Å². The molecule has 37 heavy (non-hydrogen) atoms. The van der Waals surface area contributed by atoms with Crippen LogP contribution < -0.4 is 10.7 Å². The van der Waals surface area contributed by atoms with Gasteiger partial charge in [0.25, 0.3) is 10.1 Å². The minimum absolute atomic E-state index is 0.0515. The second-order valence-electron chi connectivity index (χ2n) is 7.46. The number of benzene rings is 2. The summed E-state index contributed by atoms with van der Waals surface area (Å²) in [5, 5.41) is 6.29. The smallest absolute Gasteiger partial charge is 0.326 e. The Morgan fingerprint density at radius 1 is 0.973 bits per heavy atom. The largest absolute Gasteiger partial charge is 0.397 e. The minimum atomic E-state index is -4.91. The molecule has 1 amide bonds. The number of rotatable bonds is 9. The number of hydrazone groups is 1. The van der Waals surface area contributed by atoms with Crippen molar-refractivity contribution in [3.05, 3.63) is 58.5 Å². The molecule has 0 heterocycles. The second kappa shape index (κ2) is 10.5. The van der Waals surface area contributed by atoms with Gasteiger partial charge in [0.15, 0.2) is 15.5 Å². The monoisotopic (exact) mass is 573 g/mol. The van der Waals surface area contributed by atoms with Crippen LogP contribution in [0.1, 0.15) is 22.8 Å². The Bertz CT molecular complexity index is 1640. The molecule has 0 aromatic heterocycles. The summed E-state index contributed by atoms with van der Waals surface area (Å²) in [7, 11) is -13.7. The number of allylic oxidation sites excluding steroid dienone is 1. The zero-order valence-corrected chi connectivity index (χ0v) is 21.2. The summed E-state index contributed by atoms with van der Waals surface area (Å²) in [4.78, 5) is 23.2. The number of amides is 1. The molecule has 0 unspecified atom stereocenters. The van der Waals surface area contributed by atoms with Crippen molar-refractivity contribution >= 4 is 65.2 Å². The van der Waals surface area contributed by atoms with Crippen LogP contribution in [0.3, 0.4) is 0 Å². The zero-order valence-electron chi connectivity index (χ0n) is 18.8. The molecule has 0 fully saturated rings. The number of nitrogens with one attached hydrogen (secondary N) is 2. The molecule has 0 spiro atoms. The maximum atomic E-state index is 13.0. The first-order valence-corrected chi connectivity index (χ1v) is 14.5. The molecule has 3 rings (SSSR count). The third-order valence-electron chi connectivity index (χ3n) is 4.72. The summed E-state index contributed by atoms with van der Waals surface area (Å²) >= 11 is 0. The predicted octanol–water partition coefficient (Wildman–Crippen LogP) is 1.13. The molecular formula is C20H19N3O11S3. The number of carbonyl (C=O) groups is 2. The lowest BCUT2D eigenvalue weighted by atomic mass is 9.94. The van der Waals surface area contributed by atoms with Crippen LogP contribution in [-0.2, 0) is 39.3 Å². The summed E-state index contributed by atoms with van der Waals surface area (Å²) in [6, 6.07) is 8.86. The first-order valence-electron chi connectivity index (χ1n) is 10.0. The fourth-order valence-electron chi connectivity index (χ4n) is 3.15. The standard InChI is InChI=1S/C20H19N3O11S3/c1-12(24)21-15-4-7-17-13(10-15)11-18(36(28,29)30)19(20(17)25)23-22-14-2-5-16(6-3-14)35(26,27)9-8-34-37(31,32)33/h2-7,10-11,22H,8-9H2,1H3,(H,21,24)(H,28,29,30)(H,31,32,33)/b23-19-. The van der Waals surface area contributed by atoms with Gasteiger partial charge in [-0.15, -0.1) is 0 Å². The Labute approximate surface area is 211 Å². The molecule has 198 valence electrons. The van der Waals surface area contributed by atoms with Gasteiger partial charge in [0.05, 0.1) is 22.9 Å². The molecule has 0 saturated carbocycles. The summed E-state index contributed by atoms with van der Waals surface area (Å²) < 4.78 is 91.7. The molecule has 0 aliphatic heterocycles. The van der Waals surface area contributed by atoms with Crippen molar-refractivity contribution < 1.29 is 48.1 Å². The average Bonchev–Trinajstić information content (AvgIpc) is 2.76. The van der Waals surface area contributed by atoms with Crippen LogP contribution in [0.4, 0.5) is 11.4 Å². The quantitative estimate of drug-likeness (QED) is 0.245. The molecule has 0 radical (unpaired) electrons.